The Bertz CT molecular complexity index is 793. The van der Waals surface area contributed by atoms with Crippen molar-refractivity contribution >= 4 is 6.03 Å². The minimum atomic E-state index is -0.102. The summed E-state index contributed by atoms with van der Waals surface area (Å²) in [6.45, 7) is 3.80. The van der Waals surface area contributed by atoms with Crippen molar-refractivity contribution in [3.8, 4) is 23.0 Å². The highest BCUT2D eigenvalue weighted by Gasteiger charge is 2.19. The van der Waals surface area contributed by atoms with Crippen molar-refractivity contribution < 1.29 is 18.8 Å². The summed E-state index contributed by atoms with van der Waals surface area (Å²) in [5.41, 5.74) is 0.745. The van der Waals surface area contributed by atoms with Gasteiger partial charge in [-0.05, 0) is 38.2 Å². The van der Waals surface area contributed by atoms with E-state index in [0.29, 0.717) is 23.2 Å². The number of fused-ring (bicyclic) bond motifs is 1. The molecule has 1 saturated heterocycles. The van der Waals surface area contributed by atoms with Gasteiger partial charge in [0.1, 0.15) is 0 Å². The van der Waals surface area contributed by atoms with E-state index in [1.54, 1.807) is 12.1 Å². The van der Waals surface area contributed by atoms with Gasteiger partial charge in [0, 0.05) is 25.2 Å². The first-order valence-corrected chi connectivity index (χ1v) is 8.63. The third kappa shape index (κ3) is 3.57. The van der Waals surface area contributed by atoms with Gasteiger partial charge < -0.3 is 29.1 Å². The fourth-order valence-electron chi connectivity index (χ4n) is 2.99. The molecule has 0 atom stereocenters. The molecule has 1 fully saturated rings. The van der Waals surface area contributed by atoms with Crippen LogP contribution in [0.25, 0.3) is 11.5 Å². The minimum Gasteiger partial charge on any atom is -0.454 e. The average molecular weight is 359 g/mol. The number of hydrogen-bond acceptors (Lipinski definition) is 7. The van der Waals surface area contributed by atoms with Crippen LogP contribution < -0.4 is 14.8 Å². The van der Waals surface area contributed by atoms with Crippen molar-refractivity contribution in [3.63, 3.8) is 0 Å². The SMILES string of the molecule is CN1CCCN(C(=O)NCc2noc(-c3ccc4c(c3)OCO4)n2)CC1. The topological polar surface area (TPSA) is 93.0 Å². The van der Waals surface area contributed by atoms with Gasteiger partial charge in [-0.25, -0.2) is 4.79 Å². The first-order valence-electron chi connectivity index (χ1n) is 8.63. The summed E-state index contributed by atoms with van der Waals surface area (Å²) in [5.74, 6) is 2.16. The molecular weight excluding hydrogens is 338 g/mol. The van der Waals surface area contributed by atoms with Gasteiger partial charge in [0.25, 0.3) is 5.89 Å². The van der Waals surface area contributed by atoms with Crippen LogP contribution in [0.15, 0.2) is 22.7 Å². The molecule has 3 heterocycles. The molecule has 2 amide bonds. The molecule has 1 aromatic carbocycles. The van der Waals surface area contributed by atoms with Gasteiger partial charge in [0.15, 0.2) is 17.3 Å². The van der Waals surface area contributed by atoms with Crippen LogP contribution in [0.3, 0.4) is 0 Å². The maximum Gasteiger partial charge on any atom is 0.317 e. The largest absolute Gasteiger partial charge is 0.454 e. The number of ether oxygens (including phenoxy) is 2. The summed E-state index contributed by atoms with van der Waals surface area (Å²) in [5, 5.41) is 6.79. The second kappa shape index (κ2) is 7.20. The zero-order valence-electron chi connectivity index (χ0n) is 14.6. The fraction of sp³-hybridized carbons (Fsp3) is 0.471. The Kier molecular flexibility index (Phi) is 4.61. The molecule has 0 saturated carbocycles. The van der Waals surface area contributed by atoms with Gasteiger partial charge in [0.05, 0.1) is 6.54 Å². The van der Waals surface area contributed by atoms with Gasteiger partial charge in [-0.3, -0.25) is 0 Å². The second-order valence-electron chi connectivity index (χ2n) is 6.39. The Hall–Kier alpha value is -2.81. The number of rotatable bonds is 3. The molecule has 138 valence electrons. The molecule has 0 unspecified atom stereocenters. The lowest BCUT2D eigenvalue weighted by molar-refractivity contribution is 0.174. The van der Waals surface area contributed by atoms with E-state index in [1.807, 2.05) is 11.0 Å². The number of likely N-dealkylation sites (N-methyl/N-ethyl adjacent to an activating group) is 1. The first kappa shape index (κ1) is 16.6. The number of urea groups is 1. The minimum absolute atomic E-state index is 0.102. The molecule has 9 nitrogen and oxygen atoms in total. The molecule has 9 heteroatoms. The lowest BCUT2D eigenvalue weighted by Crippen LogP contribution is -2.41. The molecular formula is C17H21N5O4. The Balaban J connectivity index is 1.35. The lowest BCUT2D eigenvalue weighted by Gasteiger charge is -2.20. The van der Waals surface area contributed by atoms with E-state index in [-0.39, 0.29) is 19.4 Å². The predicted molar refractivity (Wildman–Crippen MR) is 91.8 cm³/mol. The summed E-state index contributed by atoms with van der Waals surface area (Å²) >= 11 is 0. The highest BCUT2D eigenvalue weighted by atomic mass is 16.7. The number of nitrogens with one attached hydrogen (secondary N) is 1. The molecule has 0 radical (unpaired) electrons. The van der Waals surface area contributed by atoms with E-state index in [2.05, 4.69) is 27.4 Å². The van der Waals surface area contributed by atoms with Crippen molar-refractivity contribution in [1.29, 1.82) is 0 Å². The Labute approximate surface area is 150 Å². The number of hydrogen-bond donors (Lipinski definition) is 1. The van der Waals surface area contributed by atoms with Crippen LogP contribution in [0.4, 0.5) is 4.79 Å². The quantitative estimate of drug-likeness (QED) is 0.883. The number of carbonyl (C=O) groups is 1. The third-order valence-corrected chi connectivity index (χ3v) is 4.49. The van der Waals surface area contributed by atoms with Gasteiger partial charge in [-0.15, -0.1) is 0 Å². The summed E-state index contributed by atoms with van der Waals surface area (Å²) in [6.07, 6.45) is 0.973. The van der Waals surface area contributed by atoms with E-state index in [0.717, 1.165) is 38.2 Å². The molecule has 0 spiro atoms. The highest BCUT2D eigenvalue weighted by molar-refractivity contribution is 5.74. The molecule has 0 aliphatic carbocycles. The van der Waals surface area contributed by atoms with Gasteiger partial charge in [-0.2, -0.15) is 4.98 Å². The average Bonchev–Trinajstić information content (AvgIpc) is 3.25. The Morgan fingerprint density at radius 2 is 2.08 bits per heavy atom. The van der Waals surface area contributed by atoms with Crippen molar-refractivity contribution in [2.75, 3.05) is 40.0 Å². The number of amides is 2. The van der Waals surface area contributed by atoms with Crippen LogP contribution >= 0.6 is 0 Å². The van der Waals surface area contributed by atoms with Crippen LogP contribution in [0.5, 0.6) is 11.5 Å². The maximum absolute atomic E-state index is 12.3. The standard InChI is InChI=1S/C17H21N5O4/c1-21-5-2-6-22(8-7-21)17(23)18-10-15-19-16(26-20-15)12-3-4-13-14(9-12)25-11-24-13/h3-4,9H,2,5-8,10-11H2,1H3,(H,18,23). The lowest BCUT2D eigenvalue weighted by atomic mass is 10.2. The molecule has 2 aliphatic heterocycles. The van der Waals surface area contributed by atoms with E-state index < -0.39 is 0 Å². The van der Waals surface area contributed by atoms with Crippen molar-refractivity contribution in [3.05, 3.63) is 24.0 Å². The molecule has 26 heavy (non-hydrogen) atoms. The number of carbonyl (C=O) groups excluding carboxylic acids is 1. The van der Waals surface area contributed by atoms with Gasteiger partial charge >= 0.3 is 6.03 Å². The molecule has 4 rings (SSSR count). The van der Waals surface area contributed by atoms with Crippen molar-refractivity contribution in [2.45, 2.75) is 13.0 Å². The summed E-state index contributed by atoms with van der Waals surface area (Å²) in [7, 11) is 2.07. The summed E-state index contributed by atoms with van der Waals surface area (Å²) in [4.78, 5) is 20.7. The molecule has 1 N–H and O–H groups in total. The number of aromatic nitrogens is 2. The predicted octanol–water partition coefficient (Wildman–Crippen LogP) is 1.31. The molecule has 2 aromatic rings. The van der Waals surface area contributed by atoms with Crippen LogP contribution in [0, 0.1) is 0 Å². The number of benzene rings is 1. The normalized spacial score (nSPS) is 17.2. The molecule has 2 aliphatic rings. The highest BCUT2D eigenvalue weighted by Crippen LogP contribution is 2.35. The van der Waals surface area contributed by atoms with Crippen LogP contribution in [0.1, 0.15) is 12.2 Å². The van der Waals surface area contributed by atoms with Crippen LogP contribution in [-0.4, -0.2) is 66.0 Å². The zero-order chi connectivity index (χ0) is 17.9. The first-order chi connectivity index (χ1) is 12.7. The number of nitrogens with zero attached hydrogens (tertiary/aromatic N) is 4. The maximum atomic E-state index is 12.3. The van der Waals surface area contributed by atoms with Crippen LogP contribution in [0.2, 0.25) is 0 Å². The van der Waals surface area contributed by atoms with Crippen LogP contribution in [-0.2, 0) is 6.54 Å². The molecule has 0 bridgehead atoms. The molecule has 1 aromatic heterocycles. The van der Waals surface area contributed by atoms with Gasteiger partial charge in [-0.1, -0.05) is 5.16 Å². The Morgan fingerprint density at radius 3 is 3.00 bits per heavy atom. The van der Waals surface area contributed by atoms with E-state index in [1.165, 1.54) is 0 Å². The van der Waals surface area contributed by atoms with Crippen molar-refractivity contribution in [2.24, 2.45) is 0 Å². The monoisotopic (exact) mass is 359 g/mol. The smallest absolute Gasteiger partial charge is 0.317 e. The zero-order valence-corrected chi connectivity index (χ0v) is 14.6. The summed E-state index contributed by atoms with van der Waals surface area (Å²) < 4.78 is 15.9. The Morgan fingerprint density at radius 1 is 1.19 bits per heavy atom. The summed E-state index contributed by atoms with van der Waals surface area (Å²) in [6, 6.07) is 5.33. The third-order valence-electron chi connectivity index (χ3n) is 4.49. The van der Waals surface area contributed by atoms with E-state index >= 15 is 0 Å². The van der Waals surface area contributed by atoms with E-state index in [4.69, 9.17) is 14.0 Å². The van der Waals surface area contributed by atoms with Gasteiger partial charge in [0.2, 0.25) is 6.79 Å². The van der Waals surface area contributed by atoms with E-state index in [9.17, 15) is 4.79 Å². The second-order valence-corrected chi connectivity index (χ2v) is 6.39. The fourth-order valence-corrected chi connectivity index (χ4v) is 2.99. The van der Waals surface area contributed by atoms with Crippen molar-refractivity contribution in [1.82, 2.24) is 25.3 Å².